The molecule has 128 valence electrons. The lowest BCUT2D eigenvalue weighted by Crippen LogP contribution is -2.17. The topological polar surface area (TPSA) is 46.9 Å². The van der Waals surface area contributed by atoms with Crippen LogP contribution in [-0.2, 0) is 18.0 Å². The zero-order valence-electron chi connectivity index (χ0n) is 13.6. The minimum Gasteiger partial charge on any atom is -0.310 e. The molecule has 7 heteroatoms. The Morgan fingerprint density at radius 1 is 1.33 bits per heavy atom. The van der Waals surface area contributed by atoms with Gasteiger partial charge in [-0.05, 0) is 37.8 Å². The number of carbonyl (C=O) groups excluding carboxylic acids is 1. The highest BCUT2D eigenvalue weighted by atomic mass is 19.4. The number of rotatable bonds is 3. The molecule has 4 nitrogen and oxygen atoms in total. The van der Waals surface area contributed by atoms with E-state index in [1.165, 1.54) is 6.07 Å². The van der Waals surface area contributed by atoms with E-state index in [0.717, 1.165) is 23.4 Å². The first-order valence-corrected chi connectivity index (χ1v) is 7.66. The number of anilines is 1. The number of nitrogens with one attached hydrogen (secondary N) is 1. The number of halogens is 3. The van der Waals surface area contributed by atoms with Gasteiger partial charge in [0, 0.05) is 18.5 Å². The first kappa shape index (κ1) is 16.5. The van der Waals surface area contributed by atoms with Gasteiger partial charge in [0.15, 0.2) is 0 Å². The molecule has 1 aromatic carbocycles. The van der Waals surface area contributed by atoms with Crippen LogP contribution >= 0.6 is 0 Å². The van der Waals surface area contributed by atoms with E-state index in [-0.39, 0.29) is 17.7 Å². The molecular weight excluding hydrogens is 319 g/mol. The molecular formula is C17H18F3N3O. The van der Waals surface area contributed by atoms with Crippen LogP contribution in [0.2, 0.25) is 0 Å². The zero-order valence-corrected chi connectivity index (χ0v) is 13.6. The summed E-state index contributed by atoms with van der Waals surface area (Å²) in [5, 5.41) is 7.08. The molecule has 1 fully saturated rings. The second kappa shape index (κ2) is 5.65. The third-order valence-corrected chi connectivity index (χ3v) is 4.53. The van der Waals surface area contributed by atoms with Crippen LogP contribution in [0.4, 0.5) is 19.0 Å². The Morgan fingerprint density at radius 2 is 2.04 bits per heavy atom. The van der Waals surface area contributed by atoms with Gasteiger partial charge < -0.3 is 5.32 Å². The first-order chi connectivity index (χ1) is 11.2. The molecule has 1 N–H and O–H groups in total. The molecule has 24 heavy (non-hydrogen) atoms. The quantitative estimate of drug-likeness (QED) is 0.926. The summed E-state index contributed by atoms with van der Waals surface area (Å²) in [5.41, 5.74) is 1.60. The molecule has 1 heterocycles. The average Bonchev–Trinajstić information content (AvgIpc) is 3.27. The third-order valence-electron chi connectivity index (χ3n) is 4.53. The minimum absolute atomic E-state index is 0.165. The predicted molar refractivity (Wildman–Crippen MR) is 83.6 cm³/mol. The van der Waals surface area contributed by atoms with E-state index >= 15 is 0 Å². The molecule has 0 bridgehead atoms. The molecule has 2 aromatic rings. The van der Waals surface area contributed by atoms with Crippen molar-refractivity contribution in [2.45, 2.75) is 32.4 Å². The Balaban J connectivity index is 1.72. The average molecular weight is 337 g/mol. The van der Waals surface area contributed by atoms with E-state index in [1.54, 1.807) is 17.8 Å². The number of hydrogen-bond donors (Lipinski definition) is 1. The summed E-state index contributed by atoms with van der Waals surface area (Å²) in [6.07, 6.45) is -3.81. The molecule has 0 radical (unpaired) electrons. The zero-order chi connectivity index (χ0) is 17.6. The number of amides is 1. The van der Waals surface area contributed by atoms with E-state index in [9.17, 15) is 18.0 Å². The van der Waals surface area contributed by atoms with Crippen molar-refractivity contribution in [3.63, 3.8) is 0 Å². The minimum atomic E-state index is -4.37. The number of hydrogen-bond acceptors (Lipinski definition) is 2. The molecule has 0 spiro atoms. The normalized spacial score (nSPS) is 20.1. The van der Waals surface area contributed by atoms with Gasteiger partial charge in [0.25, 0.3) is 0 Å². The number of alkyl halides is 3. The predicted octanol–water partition coefficient (Wildman–Crippen LogP) is 3.80. The highest BCUT2D eigenvalue weighted by Crippen LogP contribution is 2.49. The molecule has 1 aliphatic carbocycles. The standard InChI is InChI=1S/C17H18F3N3O/c1-9-10(2)22-23(3)15(9)21-16(24)14-8-13(14)11-5-4-6-12(7-11)17(18,19)20/h4-7,13-14H,8H2,1-3H3,(H,21,24)/t13-,14+/m0/s1. The molecule has 0 aliphatic heterocycles. The maximum atomic E-state index is 12.8. The maximum absolute atomic E-state index is 12.8. The molecule has 1 aromatic heterocycles. The van der Waals surface area contributed by atoms with Gasteiger partial charge in [-0.15, -0.1) is 0 Å². The van der Waals surface area contributed by atoms with Gasteiger partial charge in [0.1, 0.15) is 5.82 Å². The van der Waals surface area contributed by atoms with Crippen LogP contribution in [0.5, 0.6) is 0 Å². The number of nitrogens with zero attached hydrogens (tertiary/aromatic N) is 2. The van der Waals surface area contributed by atoms with Crippen molar-refractivity contribution >= 4 is 11.7 Å². The fourth-order valence-electron chi connectivity index (χ4n) is 2.95. The molecule has 3 rings (SSSR count). The second-order valence-corrected chi connectivity index (χ2v) is 6.24. The fourth-order valence-corrected chi connectivity index (χ4v) is 2.95. The second-order valence-electron chi connectivity index (χ2n) is 6.24. The summed E-state index contributed by atoms with van der Waals surface area (Å²) in [4.78, 5) is 12.4. The molecule has 0 saturated heterocycles. The highest BCUT2D eigenvalue weighted by molar-refractivity contribution is 5.95. The fraction of sp³-hybridized carbons (Fsp3) is 0.412. The van der Waals surface area contributed by atoms with Crippen LogP contribution in [0.25, 0.3) is 0 Å². The molecule has 2 atom stereocenters. The number of benzene rings is 1. The largest absolute Gasteiger partial charge is 0.416 e. The summed E-state index contributed by atoms with van der Waals surface area (Å²) in [7, 11) is 1.74. The van der Waals surface area contributed by atoms with Crippen LogP contribution < -0.4 is 5.32 Å². The summed E-state index contributed by atoms with van der Waals surface area (Å²) in [6.45, 7) is 3.72. The summed E-state index contributed by atoms with van der Waals surface area (Å²) in [6, 6.07) is 5.22. The van der Waals surface area contributed by atoms with Crippen molar-refractivity contribution in [1.29, 1.82) is 0 Å². The summed E-state index contributed by atoms with van der Waals surface area (Å²) >= 11 is 0. The monoisotopic (exact) mass is 337 g/mol. The smallest absolute Gasteiger partial charge is 0.310 e. The Hall–Kier alpha value is -2.31. The van der Waals surface area contributed by atoms with Crippen LogP contribution in [0.3, 0.4) is 0 Å². The highest BCUT2D eigenvalue weighted by Gasteiger charge is 2.45. The van der Waals surface area contributed by atoms with Gasteiger partial charge in [-0.1, -0.05) is 18.2 Å². The van der Waals surface area contributed by atoms with E-state index < -0.39 is 11.7 Å². The Kier molecular flexibility index (Phi) is 3.89. The van der Waals surface area contributed by atoms with Gasteiger partial charge in [-0.3, -0.25) is 9.48 Å². The van der Waals surface area contributed by atoms with E-state index in [1.807, 2.05) is 13.8 Å². The first-order valence-electron chi connectivity index (χ1n) is 7.66. The van der Waals surface area contributed by atoms with Crippen molar-refractivity contribution in [2.24, 2.45) is 13.0 Å². The van der Waals surface area contributed by atoms with Gasteiger partial charge >= 0.3 is 6.18 Å². The Labute approximate surface area is 137 Å². The van der Waals surface area contributed by atoms with Crippen LogP contribution in [-0.4, -0.2) is 15.7 Å². The van der Waals surface area contributed by atoms with Crippen molar-refractivity contribution in [3.05, 3.63) is 46.6 Å². The van der Waals surface area contributed by atoms with Crippen molar-refractivity contribution in [2.75, 3.05) is 5.32 Å². The van der Waals surface area contributed by atoms with Crippen molar-refractivity contribution < 1.29 is 18.0 Å². The lowest BCUT2D eigenvalue weighted by atomic mass is 10.1. The summed E-state index contributed by atoms with van der Waals surface area (Å²) < 4.78 is 40.0. The van der Waals surface area contributed by atoms with Crippen molar-refractivity contribution in [1.82, 2.24) is 9.78 Å². The number of aromatic nitrogens is 2. The van der Waals surface area contributed by atoms with E-state index in [4.69, 9.17) is 0 Å². The van der Waals surface area contributed by atoms with Crippen LogP contribution in [0.1, 0.15) is 34.7 Å². The lowest BCUT2D eigenvalue weighted by Gasteiger charge is -2.09. The van der Waals surface area contributed by atoms with Crippen LogP contribution in [0, 0.1) is 19.8 Å². The van der Waals surface area contributed by atoms with E-state index in [0.29, 0.717) is 17.8 Å². The maximum Gasteiger partial charge on any atom is 0.416 e. The van der Waals surface area contributed by atoms with Gasteiger partial charge in [0.05, 0.1) is 11.3 Å². The Bertz CT molecular complexity index is 795. The summed E-state index contributed by atoms with van der Waals surface area (Å²) in [5.74, 6) is -0.0132. The number of carbonyl (C=O) groups is 1. The molecule has 1 amide bonds. The Morgan fingerprint density at radius 3 is 2.62 bits per heavy atom. The van der Waals surface area contributed by atoms with Gasteiger partial charge in [-0.25, -0.2) is 0 Å². The van der Waals surface area contributed by atoms with Gasteiger partial charge in [-0.2, -0.15) is 18.3 Å². The SMILES string of the molecule is Cc1nn(C)c(NC(=O)[C@@H]2C[C@H]2c2cccc(C(F)(F)F)c2)c1C. The lowest BCUT2D eigenvalue weighted by molar-refractivity contribution is -0.137. The number of aryl methyl sites for hydroxylation is 2. The van der Waals surface area contributed by atoms with E-state index in [2.05, 4.69) is 10.4 Å². The molecule has 1 aliphatic rings. The van der Waals surface area contributed by atoms with Crippen molar-refractivity contribution in [3.8, 4) is 0 Å². The third kappa shape index (κ3) is 3.02. The molecule has 0 unspecified atom stereocenters. The van der Waals surface area contributed by atoms with Crippen LogP contribution in [0.15, 0.2) is 24.3 Å². The van der Waals surface area contributed by atoms with Gasteiger partial charge in [0.2, 0.25) is 5.91 Å². The molecule has 1 saturated carbocycles.